The minimum Gasteiger partial charge on any atom is -0.314 e. The highest BCUT2D eigenvalue weighted by atomic mass is 14.9. The van der Waals surface area contributed by atoms with E-state index in [9.17, 15) is 0 Å². The van der Waals surface area contributed by atoms with Crippen molar-refractivity contribution in [1.82, 2.24) is 5.32 Å². The quantitative estimate of drug-likeness (QED) is 0.576. The molecule has 0 bridgehead atoms. The Labute approximate surface area is 108 Å². The van der Waals surface area contributed by atoms with E-state index in [0.29, 0.717) is 6.04 Å². The molecule has 0 saturated heterocycles. The zero-order valence-corrected chi connectivity index (χ0v) is 12.1. The fraction of sp³-hybridized carbons (Fsp3) is 0.875. The zero-order chi connectivity index (χ0) is 12.7. The molecule has 1 aliphatic rings. The fourth-order valence-electron chi connectivity index (χ4n) is 2.61. The lowest BCUT2D eigenvalue weighted by atomic mass is 9.90. The van der Waals surface area contributed by atoms with Gasteiger partial charge in [-0.25, -0.2) is 0 Å². The summed E-state index contributed by atoms with van der Waals surface area (Å²) >= 11 is 0. The van der Waals surface area contributed by atoms with Gasteiger partial charge in [-0.2, -0.15) is 0 Å². The lowest BCUT2D eigenvalue weighted by Gasteiger charge is -2.24. The molecule has 1 fully saturated rings. The molecule has 0 spiro atoms. The van der Waals surface area contributed by atoms with Crippen LogP contribution in [0.1, 0.15) is 66.2 Å². The molecule has 0 aromatic carbocycles. The van der Waals surface area contributed by atoms with Gasteiger partial charge < -0.3 is 5.32 Å². The fourth-order valence-corrected chi connectivity index (χ4v) is 2.61. The van der Waals surface area contributed by atoms with Crippen LogP contribution in [-0.4, -0.2) is 12.6 Å². The molecule has 1 N–H and O–H groups in total. The largest absolute Gasteiger partial charge is 0.314 e. The summed E-state index contributed by atoms with van der Waals surface area (Å²) in [5.74, 6) is 7.57. The highest BCUT2D eigenvalue weighted by molar-refractivity contribution is 5.08. The number of nitrogens with one attached hydrogen (secondary N) is 1. The van der Waals surface area contributed by atoms with E-state index >= 15 is 0 Å². The Morgan fingerprint density at radius 2 is 1.82 bits per heavy atom. The van der Waals surface area contributed by atoms with Gasteiger partial charge in [0.1, 0.15) is 0 Å². The molecular weight excluding hydrogens is 206 g/mol. The molecule has 0 heterocycles. The van der Waals surface area contributed by atoms with Crippen LogP contribution in [-0.2, 0) is 0 Å². The monoisotopic (exact) mass is 235 g/mol. The smallest absolute Gasteiger partial charge is 0.0230 e. The topological polar surface area (TPSA) is 12.0 Å². The van der Waals surface area contributed by atoms with Crippen LogP contribution >= 0.6 is 0 Å². The van der Waals surface area contributed by atoms with Crippen LogP contribution in [0.2, 0.25) is 0 Å². The maximum Gasteiger partial charge on any atom is 0.0230 e. The summed E-state index contributed by atoms with van der Waals surface area (Å²) in [4.78, 5) is 0. The molecule has 0 amide bonds. The second-order valence-electron chi connectivity index (χ2n) is 6.32. The van der Waals surface area contributed by atoms with Gasteiger partial charge >= 0.3 is 0 Å². The SMILES string of the molecule is CCNC1CCCCCC1CC#CC(C)(C)C. The van der Waals surface area contributed by atoms with E-state index in [-0.39, 0.29) is 5.41 Å². The number of hydrogen-bond donors (Lipinski definition) is 1. The Balaban J connectivity index is 2.53. The van der Waals surface area contributed by atoms with E-state index < -0.39 is 0 Å². The van der Waals surface area contributed by atoms with Gasteiger partial charge in [0.05, 0.1) is 0 Å². The van der Waals surface area contributed by atoms with Crippen molar-refractivity contribution in [3.8, 4) is 11.8 Å². The van der Waals surface area contributed by atoms with Crippen molar-refractivity contribution in [3.63, 3.8) is 0 Å². The van der Waals surface area contributed by atoms with Crippen LogP contribution in [0.15, 0.2) is 0 Å². The molecule has 98 valence electrons. The van der Waals surface area contributed by atoms with E-state index in [1.54, 1.807) is 0 Å². The van der Waals surface area contributed by atoms with Crippen LogP contribution < -0.4 is 5.32 Å². The third kappa shape index (κ3) is 6.13. The Kier molecular flexibility index (Phi) is 6.06. The van der Waals surface area contributed by atoms with Gasteiger partial charge in [0.25, 0.3) is 0 Å². The highest BCUT2D eigenvalue weighted by Gasteiger charge is 2.21. The first-order chi connectivity index (χ1) is 8.03. The average molecular weight is 235 g/mol. The molecular formula is C16H29N. The molecule has 0 aromatic rings. The van der Waals surface area contributed by atoms with Crippen LogP contribution in [0, 0.1) is 23.2 Å². The van der Waals surface area contributed by atoms with E-state index in [4.69, 9.17) is 0 Å². The van der Waals surface area contributed by atoms with Gasteiger partial charge in [-0.15, -0.1) is 5.92 Å². The molecule has 1 saturated carbocycles. The third-order valence-corrected chi connectivity index (χ3v) is 3.45. The van der Waals surface area contributed by atoms with Gasteiger partial charge in [-0.3, -0.25) is 0 Å². The highest BCUT2D eigenvalue weighted by Crippen LogP contribution is 2.26. The minimum absolute atomic E-state index is 0.151. The number of hydrogen-bond acceptors (Lipinski definition) is 1. The summed E-state index contributed by atoms with van der Waals surface area (Å²) in [6, 6.07) is 0.705. The first kappa shape index (κ1) is 14.6. The minimum atomic E-state index is 0.151. The van der Waals surface area contributed by atoms with Gasteiger partial charge in [0, 0.05) is 17.9 Å². The van der Waals surface area contributed by atoms with Crippen LogP contribution in [0.4, 0.5) is 0 Å². The first-order valence-electron chi connectivity index (χ1n) is 7.26. The molecule has 0 radical (unpaired) electrons. The van der Waals surface area contributed by atoms with Crippen molar-refractivity contribution >= 4 is 0 Å². The van der Waals surface area contributed by atoms with Gasteiger partial charge in [0.2, 0.25) is 0 Å². The van der Waals surface area contributed by atoms with Crippen molar-refractivity contribution < 1.29 is 0 Å². The predicted molar refractivity (Wildman–Crippen MR) is 75.9 cm³/mol. The normalized spacial score (nSPS) is 25.9. The Morgan fingerprint density at radius 1 is 1.12 bits per heavy atom. The Hall–Kier alpha value is -0.480. The molecule has 17 heavy (non-hydrogen) atoms. The second-order valence-corrected chi connectivity index (χ2v) is 6.32. The molecule has 1 nitrogen and oxygen atoms in total. The van der Waals surface area contributed by atoms with Crippen LogP contribution in [0.5, 0.6) is 0 Å². The Bertz CT molecular complexity index is 263. The zero-order valence-electron chi connectivity index (χ0n) is 12.1. The lowest BCUT2D eigenvalue weighted by molar-refractivity contribution is 0.345. The molecule has 2 atom stereocenters. The van der Waals surface area contributed by atoms with E-state index in [1.165, 1.54) is 32.1 Å². The standard InChI is InChI=1S/C16H29N/c1-5-17-15-12-8-6-7-10-14(15)11-9-13-16(2,3)4/h14-15,17H,5-8,10-12H2,1-4H3. The second kappa shape index (κ2) is 7.07. The molecule has 2 unspecified atom stereocenters. The van der Waals surface area contributed by atoms with E-state index in [0.717, 1.165) is 18.9 Å². The van der Waals surface area contributed by atoms with E-state index in [1.807, 2.05) is 0 Å². The van der Waals surface area contributed by atoms with Crippen LogP contribution in [0.3, 0.4) is 0 Å². The molecule has 0 aromatic heterocycles. The summed E-state index contributed by atoms with van der Waals surface area (Å²) in [6.07, 6.45) is 7.97. The average Bonchev–Trinajstić information content (AvgIpc) is 2.43. The summed E-state index contributed by atoms with van der Waals surface area (Å²) in [5, 5.41) is 3.65. The third-order valence-electron chi connectivity index (χ3n) is 3.45. The molecule has 0 aliphatic heterocycles. The Morgan fingerprint density at radius 3 is 2.47 bits per heavy atom. The molecule has 1 rings (SSSR count). The lowest BCUT2D eigenvalue weighted by Crippen LogP contribution is -2.35. The summed E-state index contributed by atoms with van der Waals surface area (Å²) in [5.41, 5.74) is 0.151. The summed E-state index contributed by atoms with van der Waals surface area (Å²) < 4.78 is 0. The maximum atomic E-state index is 3.65. The van der Waals surface area contributed by atoms with Gasteiger partial charge in [-0.05, 0) is 46.1 Å². The first-order valence-corrected chi connectivity index (χ1v) is 7.26. The summed E-state index contributed by atoms with van der Waals surface area (Å²) in [7, 11) is 0. The van der Waals surface area contributed by atoms with E-state index in [2.05, 4.69) is 44.9 Å². The van der Waals surface area contributed by atoms with Gasteiger partial charge in [0.15, 0.2) is 0 Å². The van der Waals surface area contributed by atoms with Gasteiger partial charge in [-0.1, -0.05) is 32.1 Å². The van der Waals surface area contributed by atoms with Crippen molar-refractivity contribution in [1.29, 1.82) is 0 Å². The molecule has 1 aliphatic carbocycles. The van der Waals surface area contributed by atoms with Crippen molar-refractivity contribution in [2.24, 2.45) is 11.3 Å². The van der Waals surface area contributed by atoms with Crippen molar-refractivity contribution in [2.75, 3.05) is 6.54 Å². The van der Waals surface area contributed by atoms with Crippen LogP contribution in [0.25, 0.3) is 0 Å². The summed E-state index contributed by atoms with van der Waals surface area (Å²) in [6.45, 7) is 9.87. The maximum absolute atomic E-state index is 3.65. The molecule has 1 heteroatoms. The predicted octanol–water partition coefficient (Wildman–Crippen LogP) is 3.98. The van der Waals surface area contributed by atoms with Crippen molar-refractivity contribution in [3.05, 3.63) is 0 Å². The van der Waals surface area contributed by atoms with Crippen molar-refractivity contribution in [2.45, 2.75) is 72.3 Å². The number of rotatable bonds is 3.